The summed E-state index contributed by atoms with van der Waals surface area (Å²) in [4.78, 5) is 31.5. The fourth-order valence-electron chi connectivity index (χ4n) is 4.66. The highest BCUT2D eigenvalue weighted by Gasteiger charge is 2.45. The number of hydrogen-bond donors (Lipinski definition) is 0. The fraction of sp³-hybridized carbons (Fsp3) is 0.652. The number of rotatable bonds is 5. The number of para-hydroxylation sites is 1. The van der Waals surface area contributed by atoms with Crippen molar-refractivity contribution in [2.75, 3.05) is 25.0 Å². The molecular weight excluding hydrogens is 366 g/mol. The molecule has 1 aromatic rings. The highest BCUT2D eigenvalue weighted by atomic mass is 16.6. The van der Waals surface area contributed by atoms with Gasteiger partial charge in [-0.2, -0.15) is 0 Å². The molecule has 6 nitrogen and oxygen atoms in total. The quantitative estimate of drug-likeness (QED) is 0.751. The summed E-state index contributed by atoms with van der Waals surface area (Å²) in [7, 11) is 2.03. The Kier molecular flexibility index (Phi) is 6.52. The van der Waals surface area contributed by atoms with Crippen molar-refractivity contribution in [3.63, 3.8) is 0 Å². The summed E-state index contributed by atoms with van der Waals surface area (Å²) in [6, 6.07) is 10.6. The van der Waals surface area contributed by atoms with Crippen molar-refractivity contribution in [1.29, 1.82) is 0 Å². The fourth-order valence-corrected chi connectivity index (χ4v) is 4.66. The van der Waals surface area contributed by atoms with Crippen LogP contribution in [0.2, 0.25) is 0 Å². The SMILES string of the molecule is CCN(C(=O)CN(C)C1C[C@H]2CC[C@@H](C1)N2C(=O)OC(C)(C)C)c1ccccc1. The second kappa shape index (κ2) is 8.74. The summed E-state index contributed by atoms with van der Waals surface area (Å²) in [6.07, 6.45) is 3.65. The van der Waals surface area contributed by atoms with E-state index in [4.69, 9.17) is 4.74 Å². The maximum absolute atomic E-state index is 12.9. The summed E-state index contributed by atoms with van der Waals surface area (Å²) >= 11 is 0. The minimum absolute atomic E-state index is 0.114. The highest BCUT2D eigenvalue weighted by Crippen LogP contribution is 2.38. The second-order valence-corrected chi connectivity index (χ2v) is 9.29. The zero-order valence-corrected chi connectivity index (χ0v) is 18.4. The van der Waals surface area contributed by atoms with Crippen molar-refractivity contribution >= 4 is 17.7 Å². The lowest BCUT2D eigenvalue weighted by Gasteiger charge is -2.42. The standard InChI is InChI=1S/C23H35N3O3/c1-6-25(17-10-8-7-9-11-17)21(27)16-24(5)20-14-18-12-13-19(15-20)26(18)22(28)29-23(2,3)4/h7-11,18-20H,6,12-16H2,1-5H3/t18-,19+,20?. The van der Waals surface area contributed by atoms with Crippen LogP contribution in [0.3, 0.4) is 0 Å². The van der Waals surface area contributed by atoms with Crippen LogP contribution in [0, 0.1) is 0 Å². The molecule has 2 aliphatic rings. The Morgan fingerprint density at radius 1 is 1.10 bits per heavy atom. The van der Waals surface area contributed by atoms with Crippen molar-refractivity contribution in [3.05, 3.63) is 30.3 Å². The first-order chi connectivity index (χ1) is 13.7. The molecule has 1 aromatic carbocycles. The molecule has 2 aliphatic heterocycles. The lowest BCUT2D eigenvalue weighted by atomic mass is 9.96. The molecule has 2 saturated heterocycles. The molecule has 160 valence electrons. The molecule has 2 fully saturated rings. The van der Waals surface area contributed by atoms with Gasteiger partial charge in [0.1, 0.15) is 5.60 Å². The third-order valence-corrected chi connectivity index (χ3v) is 6.01. The summed E-state index contributed by atoms with van der Waals surface area (Å²) in [5.74, 6) is 0.114. The maximum atomic E-state index is 12.9. The number of likely N-dealkylation sites (N-methyl/N-ethyl adjacent to an activating group) is 2. The first-order valence-electron chi connectivity index (χ1n) is 10.8. The zero-order chi connectivity index (χ0) is 21.2. The van der Waals surface area contributed by atoms with Gasteiger partial charge in [0, 0.05) is 30.4 Å². The van der Waals surface area contributed by atoms with Gasteiger partial charge >= 0.3 is 6.09 Å². The van der Waals surface area contributed by atoms with Gasteiger partial charge in [-0.15, -0.1) is 0 Å². The van der Waals surface area contributed by atoms with E-state index in [1.165, 1.54) is 0 Å². The molecule has 0 N–H and O–H groups in total. The van der Waals surface area contributed by atoms with Crippen LogP contribution in [0.25, 0.3) is 0 Å². The van der Waals surface area contributed by atoms with E-state index in [2.05, 4.69) is 4.90 Å². The molecule has 0 aromatic heterocycles. The molecule has 2 bridgehead atoms. The second-order valence-electron chi connectivity index (χ2n) is 9.29. The molecule has 0 radical (unpaired) electrons. The largest absolute Gasteiger partial charge is 0.444 e. The maximum Gasteiger partial charge on any atom is 0.410 e. The van der Waals surface area contributed by atoms with Crippen LogP contribution in [-0.4, -0.2) is 65.7 Å². The number of nitrogens with zero attached hydrogens (tertiary/aromatic N) is 3. The van der Waals surface area contributed by atoms with Crippen molar-refractivity contribution in [2.24, 2.45) is 0 Å². The summed E-state index contributed by atoms with van der Waals surface area (Å²) in [5, 5.41) is 0. The van der Waals surface area contributed by atoms with Gasteiger partial charge in [0.25, 0.3) is 0 Å². The molecular formula is C23H35N3O3. The number of benzene rings is 1. The van der Waals surface area contributed by atoms with Crippen LogP contribution in [-0.2, 0) is 9.53 Å². The predicted molar refractivity (Wildman–Crippen MR) is 115 cm³/mol. The Balaban J connectivity index is 1.60. The molecule has 1 unspecified atom stereocenters. The Bertz CT molecular complexity index is 702. The van der Waals surface area contributed by atoms with Gasteiger partial charge in [-0.1, -0.05) is 18.2 Å². The normalized spacial score (nSPS) is 23.9. The molecule has 0 aliphatic carbocycles. The van der Waals surface area contributed by atoms with E-state index in [0.717, 1.165) is 31.4 Å². The van der Waals surface area contributed by atoms with Gasteiger partial charge in [0.05, 0.1) is 6.54 Å². The molecule has 29 heavy (non-hydrogen) atoms. The topological polar surface area (TPSA) is 53.1 Å². The zero-order valence-electron chi connectivity index (χ0n) is 18.4. The van der Waals surface area contributed by atoms with E-state index in [9.17, 15) is 9.59 Å². The summed E-state index contributed by atoms with van der Waals surface area (Å²) < 4.78 is 5.63. The Labute approximate surface area is 174 Å². The smallest absolute Gasteiger partial charge is 0.410 e. The van der Waals surface area contributed by atoms with E-state index in [0.29, 0.717) is 19.1 Å². The van der Waals surface area contributed by atoms with Gasteiger partial charge in [-0.3, -0.25) is 9.69 Å². The van der Waals surface area contributed by atoms with Crippen LogP contribution in [0.1, 0.15) is 53.4 Å². The molecule has 0 spiro atoms. The van der Waals surface area contributed by atoms with Crippen LogP contribution < -0.4 is 4.90 Å². The summed E-state index contributed by atoms with van der Waals surface area (Å²) in [5.41, 5.74) is 0.464. The van der Waals surface area contributed by atoms with Crippen LogP contribution in [0.5, 0.6) is 0 Å². The predicted octanol–water partition coefficient (Wildman–Crippen LogP) is 3.90. The van der Waals surface area contributed by atoms with Crippen molar-refractivity contribution < 1.29 is 14.3 Å². The summed E-state index contributed by atoms with van der Waals surface area (Å²) in [6.45, 7) is 8.77. The number of ether oxygens (including phenoxy) is 1. The Morgan fingerprint density at radius 3 is 2.21 bits per heavy atom. The van der Waals surface area contributed by atoms with Gasteiger partial charge < -0.3 is 14.5 Å². The number of carbonyl (C=O) groups is 2. The highest BCUT2D eigenvalue weighted by molar-refractivity contribution is 5.94. The molecule has 2 heterocycles. The average molecular weight is 402 g/mol. The van der Waals surface area contributed by atoms with Crippen LogP contribution in [0.15, 0.2) is 30.3 Å². The van der Waals surface area contributed by atoms with E-state index < -0.39 is 5.60 Å². The van der Waals surface area contributed by atoms with Crippen LogP contribution >= 0.6 is 0 Å². The van der Waals surface area contributed by atoms with Gasteiger partial charge in [0.2, 0.25) is 5.91 Å². The minimum atomic E-state index is -0.475. The van der Waals surface area contributed by atoms with E-state index in [1.807, 2.05) is 74.9 Å². The van der Waals surface area contributed by atoms with Gasteiger partial charge in [0.15, 0.2) is 0 Å². The third kappa shape index (κ3) is 5.10. The number of carbonyl (C=O) groups excluding carboxylic acids is 2. The number of fused-ring (bicyclic) bond motifs is 2. The van der Waals surface area contributed by atoms with Gasteiger partial charge in [-0.25, -0.2) is 4.79 Å². The lowest BCUT2D eigenvalue weighted by Crippen LogP contribution is -2.54. The minimum Gasteiger partial charge on any atom is -0.444 e. The van der Waals surface area contributed by atoms with Crippen molar-refractivity contribution in [1.82, 2.24) is 9.80 Å². The van der Waals surface area contributed by atoms with Gasteiger partial charge in [-0.05, 0) is 72.6 Å². The number of hydrogen-bond acceptors (Lipinski definition) is 4. The monoisotopic (exact) mass is 401 g/mol. The van der Waals surface area contributed by atoms with Crippen LogP contribution in [0.4, 0.5) is 10.5 Å². The molecule has 0 saturated carbocycles. The first-order valence-corrected chi connectivity index (χ1v) is 10.8. The first kappa shape index (κ1) is 21.6. The van der Waals surface area contributed by atoms with E-state index >= 15 is 0 Å². The number of piperidine rings is 1. The molecule has 3 rings (SSSR count). The van der Waals surface area contributed by atoms with Crippen molar-refractivity contribution in [3.8, 4) is 0 Å². The Morgan fingerprint density at radius 2 is 1.69 bits per heavy atom. The molecule has 2 amide bonds. The van der Waals surface area contributed by atoms with E-state index in [-0.39, 0.29) is 24.1 Å². The molecule has 6 heteroatoms. The average Bonchev–Trinajstić information content (AvgIpc) is 2.92. The Hall–Kier alpha value is -2.08. The lowest BCUT2D eigenvalue weighted by molar-refractivity contribution is -0.120. The number of anilines is 1. The number of amides is 2. The third-order valence-electron chi connectivity index (χ3n) is 6.01. The van der Waals surface area contributed by atoms with Crippen molar-refractivity contribution in [2.45, 2.75) is 77.1 Å². The molecule has 3 atom stereocenters. The van der Waals surface area contributed by atoms with E-state index in [1.54, 1.807) is 0 Å².